The second kappa shape index (κ2) is 22.0. The molecule has 0 aliphatic rings. The number of rotatable bonds is 8. The first kappa shape index (κ1) is 60.4. The van der Waals surface area contributed by atoms with E-state index in [0.29, 0.717) is 0 Å². The van der Waals surface area contributed by atoms with Crippen LogP contribution in [0, 0.1) is 43.3 Å². The van der Waals surface area contributed by atoms with Crippen LogP contribution in [0.4, 0.5) is 0 Å². The minimum atomic E-state index is -0.402. The molecule has 8 nitrogen and oxygen atoms in total. The summed E-state index contributed by atoms with van der Waals surface area (Å²) in [7, 11) is 0. The third-order valence-corrected chi connectivity index (χ3v) is 7.98. The van der Waals surface area contributed by atoms with Gasteiger partial charge in [-0.2, -0.15) is 0 Å². The van der Waals surface area contributed by atoms with Crippen LogP contribution in [0.1, 0.15) is 192 Å². The molecule has 0 fully saturated rings. The van der Waals surface area contributed by atoms with Crippen molar-refractivity contribution in [3.05, 3.63) is 0 Å². The Morgan fingerprint density at radius 1 is 0.208 bits per heavy atom. The van der Waals surface area contributed by atoms with Crippen LogP contribution in [0.3, 0.4) is 0 Å². The molecule has 53 heavy (non-hydrogen) atoms. The third kappa shape index (κ3) is 30.1. The van der Waals surface area contributed by atoms with Gasteiger partial charge in [-0.1, -0.05) is 166 Å². The van der Waals surface area contributed by atoms with Crippen LogP contribution in [-0.2, 0) is 38.4 Å². The maximum atomic E-state index is 11.5. The number of carbonyl (C=O) groups is 8. The zero-order chi connectivity index (χ0) is 43.4. The van der Waals surface area contributed by atoms with Crippen molar-refractivity contribution in [2.45, 2.75) is 192 Å². The van der Waals surface area contributed by atoms with Crippen molar-refractivity contribution in [1.29, 1.82) is 0 Å². The Morgan fingerprint density at radius 3 is 0.302 bits per heavy atom. The normalized spacial score (nSPS) is 12.5. The summed E-state index contributed by atoms with van der Waals surface area (Å²) < 4.78 is 0. The van der Waals surface area contributed by atoms with E-state index in [2.05, 4.69) is 0 Å². The van der Waals surface area contributed by atoms with Crippen molar-refractivity contribution >= 4 is 70.2 Å². The van der Waals surface area contributed by atoms with E-state index in [1.54, 1.807) is 0 Å². The monoisotopic (exact) mass is 859 g/mol. The van der Waals surface area contributed by atoms with E-state index in [1.807, 2.05) is 166 Å². The molecule has 0 amide bonds. The van der Waals surface area contributed by atoms with Crippen molar-refractivity contribution in [3.8, 4) is 0 Å². The van der Waals surface area contributed by atoms with Gasteiger partial charge in [0.25, 0.3) is 0 Å². The second-order valence-electron chi connectivity index (χ2n) is 22.1. The van der Waals surface area contributed by atoms with E-state index >= 15 is 0 Å². The van der Waals surface area contributed by atoms with Crippen LogP contribution in [0.2, 0.25) is 0 Å². The van der Waals surface area contributed by atoms with Crippen molar-refractivity contribution < 1.29 is 38.4 Å². The average Bonchev–Trinajstić information content (AvgIpc) is 2.85. The van der Waals surface area contributed by atoms with Gasteiger partial charge in [0.15, 0.2) is 0 Å². The summed E-state index contributed by atoms with van der Waals surface area (Å²) >= 11 is 0. The van der Waals surface area contributed by atoms with Crippen molar-refractivity contribution in [1.82, 2.24) is 0 Å². The Balaban J connectivity index is -0.000000192. The topological polar surface area (TPSA) is 137 Å². The molecule has 9 heteroatoms. The van der Waals surface area contributed by atoms with Gasteiger partial charge in [-0.3, -0.25) is 38.4 Å². The van der Waals surface area contributed by atoms with Gasteiger partial charge in [0.05, 0.1) is 25.7 Å². The summed E-state index contributed by atoms with van der Waals surface area (Å²) in [5, 5.41) is 0. The molecule has 0 saturated heterocycles. The Morgan fingerprint density at radius 2 is 0.264 bits per heavy atom. The van der Waals surface area contributed by atoms with Gasteiger partial charge < -0.3 is 0 Å². The Bertz CT molecular complexity index is 964. The first-order valence-electron chi connectivity index (χ1n) is 18.5. The molecule has 2 radical (unpaired) electrons. The molecule has 0 aromatic carbocycles. The van der Waals surface area contributed by atoms with Crippen molar-refractivity contribution in [3.63, 3.8) is 0 Å². The van der Waals surface area contributed by atoms with Crippen molar-refractivity contribution in [2.24, 2.45) is 43.3 Å². The molecular weight excluding hydrogens is 775 g/mol. The Hall–Kier alpha value is -1.84. The zero-order valence-corrected chi connectivity index (χ0v) is 42.8. The zero-order valence-electron chi connectivity index (χ0n) is 38.8. The van der Waals surface area contributed by atoms with Crippen molar-refractivity contribution in [2.75, 3.05) is 0 Å². The number of ketones is 8. The maximum absolute atomic E-state index is 11.5. The molecule has 0 rings (SSSR count). The van der Waals surface area contributed by atoms with E-state index in [9.17, 15) is 38.4 Å². The third-order valence-electron chi connectivity index (χ3n) is 7.98. The van der Waals surface area contributed by atoms with Gasteiger partial charge in [0.2, 0.25) is 0 Å². The van der Waals surface area contributed by atoms with Crippen LogP contribution in [0.25, 0.3) is 0 Å². The van der Waals surface area contributed by atoms with Crippen LogP contribution in [0.5, 0.6) is 0 Å². The number of carbonyl (C=O) groups excluding carboxylic acids is 8. The molecule has 0 aromatic rings. The van der Waals surface area contributed by atoms with Gasteiger partial charge in [0.1, 0.15) is 46.3 Å². The first-order valence-corrected chi connectivity index (χ1v) is 18.5. The van der Waals surface area contributed by atoms with Crippen LogP contribution >= 0.6 is 0 Å². The molecule has 0 aromatic heterocycles. The van der Waals surface area contributed by atoms with Crippen LogP contribution < -0.4 is 0 Å². The average molecular weight is 858 g/mol. The predicted octanol–water partition coefficient (Wildman–Crippen LogP) is 9.51. The molecule has 0 bridgehead atoms. The molecule has 0 aliphatic carbocycles. The first-order chi connectivity index (χ1) is 22.2. The van der Waals surface area contributed by atoms with E-state index in [-0.39, 0.29) is 95.9 Å². The number of hydrogen-bond acceptors (Lipinski definition) is 8. The van der Waals surface area contributed by atoms with Gasteiger partial charge in [-0.25, -0.2) is 0 Å². The summed E-state index contributed by atoms with van der Waals surface area (Å²) in [6.07, 6.45) is 0.250. The second-order valence-corrected chi connectivity index (χ2v) is 22.1. The Labute approximate surface area is 342 Å². The van der Waals surface area contributed by atoms with E-state index in [4.69, 9.17) is 0 Å². The molecule has 0 heterocycles. The molecule has 0 aliphatic heterocycles. The predicted molar refractivity (Wildman–Crippen MR) is 223 cm³/mol. The summed E-state index contributed by atoms with van der Waals surface area (Å²) in [6.45, 7) is 44.1. The van der Waals surface area contributed by atoms with Crippen LogP contribution in [-0.4, -0.2) is 70.2 Å². The molecule has 0 spiro atoms. The van der Waals surface area contributed by atoms with E-state index in [0.717, 1.165) is 0 Å². The quantitative estimate of drug-likeness (QED) is 0.174. The summed E-state index contributed by atoms with van der Waals surface area (Å²) in [5.74, 6) is 0.166. The van der Waals surface area contributed by atoms with Gasteiger partial charge in [-0.05, 0) is 0 Å². The summed E-state index contributed by atoms with van der Waals surface area (Å²) in [6, 6.07) is 0. The standard InChI is InChI=1S/4C11H20O2.Sn.2H/c4*1-10(2,3)8(12)7-9(13)11(4,5)6;;;/h4*7H2,1-6H3;;;. The molecule has 310 valence electrons. The fourth-order valence-electron chi connectivity index (χ4n) is 2.70. The fourth-order valence-corrected chi connectivity index (χ4v) is 2.70. The van der Waals surface area contributed by atoms with Gasteiger partial charge in [-0.15, -0.1) is 0 Å². The molecule has 0 atom stereocenters. The van der Waals surface area contributed by atoms with Gasteiger partial charge >= 0.3 is 23.9 Å². The Kier molecular flexibility index (Phi) is 25.1. The van der Waals surface area contributed by atoms with Gasteiger partial charge in [0, 0.05) is 43.3 Å². The van der Waals surface area contributed by atoms with E-state index in [1.165, 1.54) is 0 Å². The summed E-state index contributed by atoms with van der Waals surface area (Å²) in [4.78, 5) is 92.0. The molecule has 0 N–H and O–H groups in total. The summed E-state index contributed by atoms with van der Waals surface area (Å²) in [5.41, 5.74) is -3.21. The van der Waals surface area contributed by atoms with E-state index < -0.39 is 43.3 Å². The number of hydrogen-bond donors (Lipinski definition) is 0. The van der Waals surface area contributed by atoms with Crippen LogP contribution in [0.15, 0.2) is 0 Å². The molecule has 0 unspecified atom stereocenters. The fraction of sp³-hybridized carbons (Fsp3) is 0.818. The SMILES string of the molecule is CC(C)(C)C(=O)CC(=O)C(C)(C)C.CC(C)(C)C(=O)CC(=O)C(C)(C)C.CC(C)(C)C(=O)CC(=O)C(C)(C)C.CC(C)(C)C(=O)CC(=O)C(C)(C)C.[SnH2]. The molecule has 0 saturated carbocycles. The molecular formula is C44H82O8Sn. The minimum absolute atomic E-state index is 0. The number of Topliss-reactive ketones (excluding diaryl/α,β-unsaturated/α-hetero) is 8.